The summed E-state index contributed by atoms with van der Waals surface area (Å²) in [5.41, 5.74) is 2.21. The molecule has 10 heteroatoms. The van der Waals surface area contributed by atoms with Gasteiger partial charge in [0.25, 0.3) is 5.56 Å². The minimum atomic E-state index is -2.39. The van der Waals surface area contributed by atoms with Gasteiger partial charge in [0.2, 0.25) is 8.32 Å². The van der Waals surface area contributed by atoms with E-state index >= 15 is 0 Å². The summed E-state index contributed by atoms with van der Waals surface area (Å²) in [6.07, 6.45) is 0.472. The lowest BCUT2D eigenvalue weighted by molar-refractivity contribution is -0.0931. The maximum atomic E-state index is 13.1. The SMILES string of the molecule is COc1ccc(C(OC[C@H]2O[C@@H](n3cc(C)c(=O)[nH]c3=O)C[C@@H]2O[Si](C(C)C)(C(C)C)C(C)C)(c2ccccc2)c2ccc(OC)cc2)cc1. The summed E-state index contributed by atoms with van der Waals surface area (Å²) in [5.74, 6) is 1.47. The number of hydrogen-bond acceptors (Lipinski definition) is 7. The molecule has 1 aliphatic rings. The summed E-state index contributed by atoms with van der Waals surface area (Å²) < 4.78 is 34.0. The zero-order chi connectivity index (χ0) is 36.2. The van der Waals surface area contributed by atoms with Crippen molar-refractivity contribution in [2.75, 3.05) is 20.8 Å². The standard InChI is InChI=1S/C40H52N2O7Si/c1-26(2)50(27(3)4,28(5)6)49-35-23-37(42-24-29(7)38(43)41-39(42)44)48-36(35)25-47-40(30-13-11-10-12-14-30,31-15-19-33(45-8)20-16-31)32-17-21-34(46-9)22-18-32/h10-22,24,26-28,35-37H,23,25H2,1-9H3,(H,41,43,44)/t35-,36+,37+/m0/s1. The first kappa shape index (κ1) is 37.3. The number of hydrogen-bond donors (Lipinski definition) is 1. The van der Waals surface area contributed by atoms with Gasteiger partial charge in [0.05, 0.1) is 26.9 Å². The average molecular weight is 701 g/mol. The summed E-state index contributed by atoms with van der Waals surface area (Å²) >= 11 is 0. The van der Waals surface area contributed by atoms with Crippen LogP contribution in [-0.4, -0.2) is 50.9 Å². The Morgan fingerprint density at radius 3 is 1.78 bits per heavy atom. The van der Waals surface area contributed by atoms with Gasteiger partial charge >= 0.3 is 5.69 Å². The van der Waals surface area contributed by atoms with Crippen molar-refractivity contribution >= 4 is 8.32 Å². The van der Waals surface area contributed by atoms with Crippen LogP contribution in [0.4, 0.5) is 0 Å². The maximum Gasteiger partial charge on any atom is 0.330 e. The van der Waals surface area contributed by atoms with Crippen LogP contribution in [0.15, 0.2) is 94.6 Å². The molecule has 1 saturated heterocycles. The third kappa shape index (κ3) is 7.12. The molecule has 1 N–H and O–H groups in total. The Bertz CT molecular complexity index is 1750. The van der Waals surface area contributed by atoms with Gasteiger partial charge in [-0.3, -0.25) is 14.3 Å². The monoisotopic (exact) mass is 700 g/mol. The highest BCUT2D eigenvalue weighted by molar-refractivity contribution is 6.77. The van der Waals surface area contributed by atoms with E-state index in [1.807, 2.05) is 66.7 Å². The highest BCUT2D eigenvalue weighted by atomic mass is 28.4. The lowest BCUT2D eigenvalue weighted by atomic mass is 9.80. The third-order valence-corrected chi connectivity index (χ3v) is 16.5. The van der Waals surface area contributed by atoms with Crippen LogP contribution in [0.2, 0.25) is 16.6 Å². The molecular weight excluding hydrogens is 649 g/mol. The van der Waals surface area contributed by atoms with Gasteiger partial charge in [0.15, 0.2) is 0 Å². The van der Waals surface area contributed by atoms with Gasteiger partial charge in [-0.05, 0) is 64.5 Å². The van der Waals surface area contributed by atoms with Gasteiger partial charge in [-0.1, -0.05) is 96.1 Å². The molecule has 1 aliphatic heterocycles. The van der Waals surface area contributed by atoms with E-state index in [2.05, 4.69) is 58.7 Å². The molecule has 0 radical (unpaired) electrons. The fourth-order valence-electron chi connectivity index (χ4n) is 7.90. The quantitative estimate of drug-likeness (QED) is 0.106. The largest absolute Gasteiger partial charge is 0.497 e. The second-order valence-electron chi connectivity index (χ2n) is 14.1. The van der Waals surface area contributed by atoms with E-state index in [-0.39, 0.29) is 12.7 Å². The number of rotatable bonds is 14. The summed E-state index contributed by atoms with van der Waals surface area (Å²) in [4.78, 5) is 27.8. The van der Waals surface area contributed by atoms with Crippen molar-refractivity contribution in [2.24, 2.45) is 0 Å². The molecular formula is C40H52N2O7Si. The number of aryl methyl sites for hydroxylation is 1. The molecule has 0 bridgehead atoms. The van der Waals surface area contributed by atoms with E-state index in [0.29, 0.717) is 28.6 Å². The van der Waals surface area contributed by atoms with Gasteiger partial charge in [-0.25, -0.2) is 4.79 Å². The Balaban J connectivity index is 1.64. The first-order valence-corrected chi connectivity index (χ1v) is 19.6. The van der Waals surface area contributed by atoms with Crippen LogP contribution in [-0.2, 0) is 19.5 Å². The van der Waals surface area contributed by atoms with Crippen LogP contribution in [0.25, 0.3) is 0 Å². The molecule has 50 heavy (non-hydrogen) atoms. The molecule has 5 rings (SSSR count). The van der Waals surface area contributed by atoms with Gasteiger partial charge in [0.1, 0.15) is 29.4 Å². The smallest absolute Gasteiger partial charge is 0.330 e. The fraction of sp³-hybridized carbons (Fsp3) is 0.450. The molecule has 1 aromatic heterocycles. The highest BCUT2D eigenvalue weighted by Crippen LogP contribution is 2.47. The number of nitrogens with zero attached hydrogens (tertiary/aromatic N) is 1. The molecule has 9 nitrogen and oxygen atoms in total. The van der Waals surface area contributed by atoms with E-state index < -0.39 is 37.5 Å². The molecule has 2 heterocycles. The molecule has 0 saturated carbocycles. The van der Waals surface area contributed by atoms with Gasteiger partial charge in [-0.2, -0.15) is 0 Å². The molecule has 1 fully saturated rings. The summed E-state index contributed by atoms with van der Waals surface area (Å²) in [7, 11) is 0.906. The Hall–Kier alpha value is -3.96. The van der Waals surface area contributed by atoms with Gasteiger partial charge < -0.3 is 23.4 Å². The van der Waals surface area contributed by atoms with Crippen LogP contribution >= 0.6 is 0 Å². The number of H-pyrrole nitrogens is 1. The topological polar surface area (TPSA) is 101 Å². The second-order valence-corrected chi connectivity index (χ2v) is 19.5. The van der Waals surface area contributed by atoms with E-state index in [9.17, 15) is 9.59 Å². The van der Waals surface area contributed by atoms with E-state index in [1.165, 1.54) is 4.57 Å². The highest BCUT2D eigenvalue weighted by Gasteiger charge is 2.51. The molecule has 0 unspecified atom stereocenters. The molecule has 0 spiro atoms. The number of nitrogens with one attached hydrogen (secondary N) is 1. The summed E-state index contributed by atoms with van der Waals surface area (Å²) in [6.45, 7) is 15.4. The van der Waals surface area contributed by atoms with Crippen LogP contribution in [0.5, 0.6) is 11.5 Å². The van der Waals surface area contributed by atoms with E-state index in [1.54, 1.807) is 27.3 Å². The van der Waals surface area contributed by atoms with Crippen molar-refractivity contribution in [1.82, 2.24) is 9.55 Å². The molecule has 3 aromatic carbocycles. The van der Waals surface area contributed by atoms with Crippen LogP contribution in [0.1, 0.15) is 76.4 Å². The van der Waals surface area contributed by atoms with Gasteiger partial charge in [-0.15, -0.1) is 0 Å². The second kappa shape index (κ2) is 15.5. The van der Waals surface area contributed by atoms with Crippen LogP contribution in [0, 0.1) is 6.92 Å². The Labute approximate surface area is 296 Å². The van der Waals surface area contributed by atoms with Crippen LogP contribution < -0.4 is 20.7 Å². The number of methoxy groups -OCH3 is 2. The zero-order valence-electron chi connectivity index (χ0n) is 30.8. The third-order valence-electron chi connectivity index (χ3n) is 10.3. The Kier molecular flexibility index (Phi) is 11.6. The van der Waals surface area contributed by atoms with Crippen molar-refractivity contribution < 1.29 is 23.4 Å². The Morgan fingerprint density at radius 2 is 1.30 bits per heavy atom. The number of aromatic nitrogens is 2. The molecule has 268 valence electrons. The normalized spacial score (nSPS) is 18.3. The van der Waals surface area contributed by atoms with Crippen molar-refractivity contribution in [1.29, 1.82) is 0 Å². The average Bonchev–Trinajstić information content (AvgIpc) is 3.51. The summed E-state index contributed by atoms with van der Waals surface area (Å²) in [5, 5.41) is 0. The lowest BCUT2D eigenvalue weighted by Gasteiger charge is -2.45. The number of ether oxygens (including phenoxy) is 4. The van der Waals surface area contributed by atoms with Crippen molar-refractivity contribution in [3.8, 4) is 11.5 Å². The molecule has 4 aromatic rings. The predicted molar refractivity (Wildman–Crippen MR) is 199 cm³/mol. The lowest BCUT2D eigenvalue weighted by Crippen LogP contribution is -2.52. The molecule has 0 aliphatic carbocycles. The number of benzene rings is 3. The van der Waals surface area contributed by atoms with E-state index in [4.69, 9.17) is 23.4 Å². The molecule has 3 atom stereocenters. The van der Waals surface area contributed by atoms with Crippen molar-refractivity contribution in [2.45, 2.75) is 95.5 Å². The van der Waals surface area contributed by atoms with E-state index in [0.717, 1.165) is 28.2 Å². The summed E-state index contributed by atoms with van der Waals surface area (Å²) in [6, 6.07) is 26.0. The first-order chi connectivity index (χ1) is 23.9. The minimum Gasteiger partial charge on any atom is -0.497 e. The van der Waals surface area contributed by atoms with Crippen LogP contribution in [0.3, 0.4) is 0 Å². The fourth-order valence-corrected chi connectivity index (χ4v) is 13.5. The first-order valence-electron chi connectivity index (χ1n) is 17.5. The predicted octanol–water partition coefficient (Wildman–Crippen LogP) is 7.72. The molecule has 0 amide bonds. The van der Waals surface area contributed by atoms with Gasteiger partial charge in [0, 0.05) is 18.2 Å². The maximum absolute atomic E-state index is 13.1. The van der Waals surface area contributed by atoms with Crippen molar-refractivity contribution in [3.05, 3.63) is 128 Å². The Morgan fingerprint density at radius 1 is 0.800 bits per heavy atom. The number of aromatic amines is 1. The van der Waals surface area contributed by atoms with Crippen molar-refractivity contribution in [3.63, 3.8) is 0 Å². The minimum absolute atomic E-state index is 0.157. The zero-order valence-corrected chi connectivity index (χ0v) is 31.8.